The highest BCUT2D eigenvalue weighted by molar-refractivity contribution is 7.80. The number of benzene rings is 1. The molecule has 1 aliphatic heterocycles. The molecule has 1 aromatic carbocycles. The zero-order valence-electron chi connectivity index (χ0n) is 19.7. The van der Waals surface area contributed by atoms with E-state index < -0.39 is 0 Å². The molecule has 1 amide bonds. The number of thiocarbonyl (C=S) groups is 1. The molecule has 0 unspecified atom stereocenters. The summed E-state index contributed by atoms with van der Waals surface area (Å²) in [5, 5.41) is 7.20. The first kappa shape index (κ1) is 22.6. The number of anilines is 2. The quantitative estimate of drug-likeness (QED) is 0.441. The van der Waals surface area contributed by atoms with Gasteiger partial charge in [0.1, 0.15) is 0 Å². The molecule has 2 aromatic heterocycles. The molecule has 6 nitrogen and oxygen atoms in total. The number of aryl methyl sites for hydroxylation is 1. The van der Waals surface area contributed by atoms with Crippen molar-refractivity contribution >= 4 is 34.6 Å². The molecule has 2 atom stereocenters. The summed E-state index contributed by atoms with van der Waals surface area (Å²) in [7, 11) is 0. The second-order valence-electron chi connectivity index (χ2n) is 9.23. The summed E-state index contributed by atoms with van der Waals surface area (Å²) < 4.78 is 2.38. The van der Waals surface area contributed by atoms with E-state index in [1.807, 2.05) is 44.3 Å². The fourth-order valence-corrected chi connectivity index (χ4v) is 5.53. The van der Waals surface area contributed by atoms with Crippen molar-refractivity contribution in [2.24, 2.45) is 0 Å². The molecule has 0 spiro atoms. The Labute approximate surface area is 206 Å². The Hall–Kier alpha value is -3.19. The number of nitrogens with zero attached hydrogens (tertiary/aromatic N) is 3. The smallest absolute Gasteiger partial charge is 0.224 e. The minimum Gasteiger partial charge on any atom is -0.351 e. The van der Waals surface area contributed by atoms with E-state index in [1.165, 1.54) is 31.2 Å². The lowest BCUT2D eigenvalue weighted by Gasteiger charge is -2.28. The Bertz CT molecular complexity index is 1180. The van der Waals surface area contributed by atoms with Gasteiger partial charge in [0.05, 0.1) is 17.8 Å². The van der Waals surface area contributed by atoms with Gasteiger partial charge < -0.3 is 20.1 Å². The molecule has 3 aromatic rings. The first-order valence-corrected chi connectivity index (χ1v) is 12.5. The van der Waals surface area contributed by atoms with E-state index in [2.05, 4.69) is 55.7 Å². The number of carbonyl (C=O) groups excluding carboxylic acids is 1. The molecule has 1 saturated heterocycles. The standard InChI is InChI=1S/C27H31N5OS/c1-3-24(33)29-22-12-11-21(16-18(22)2)32-26(19-13-15-31(17-19)20-8-4-5-9-20)25(30-27(32)34)23-10-6-7-14-28-23/h6-7,10-17,20,25-26H,3-5,8-9H2,1-2H3,(H,29,33)(H,30,34)/t25-,26-/m0/s1. The van der Waals surface area contributed by atoms with Crippen LogP contribution in [-0.2, 0) is 4.79 Å². The summed E-state index contributed by atoms with van der Waals surface area (Å²) in [5.74, 6) is 0.00977. The van der Waals surface area contributed by atoms with Crippen molar-refractivity contribution in [1.29, 1.82) is 0 Å². The van der Waals surface area contributed by atoms with Gasteiger partial charge in [-0.05, 0) is 79.5 Å². The average Bonchev–Trinajstić information content (AvgIpc) is 3.60. The van der Waals surface area contributed by atoms with Gasteiger partial charge in [-0.15, -0.1) is 0 Å². The molecule has 2 fully saturated rings. The predicted octanol–water partition coefficient (Wildman–Crippen LogP) is 5.83. The minimum atomic E-state index is -0.0621. The van der Waals surface area contributed by atoms with Gasteiger partial charge in [0, 0.05) is 42.4 Å². The zero-order chi connectivity index (χ0) is 23.7. The van der Waals surface area contributed by atoms with Gasteiger partial charge >= 0.3 is 0 Å². The van der Waals surface area contributed by atoms with Gasteiger partial charge in [-0.25, -0.2) is 0 Å². The van der Waals surface area contributed by atoms with E-state index in [0.717, 1.165) is 22.6 Å². The van der Waals surface area contributed by atoms with E-state index >= 15 is 0 Å². The van der Waals surface area contributed by atoms with Crippen LogP contribution in [0, 0.1) is 6.92 Å². The van der Waals surface area contributed by atoms with Crippen molar-refractivity contribution in [2.45, 2.75) is 64.1 Å². The Balaban J connectivity index is 1.53. The van der Waals surface area contributed by atoms with Gasteiger partial charge in [0.15, 0.2) is 5.11 Å². The van der Waals surface area contributed by atoms with E-state index in [0.29, 0.717) is 17.6 Å². The normalized spacial score (nSPS) is 20.5. The fourth-order valence-electron chi connectivity index (χ4n) is 5.18. The maximum Gasteiger partial charge on any atom is 0.224 e. The molecule has 0 bridgehead atoms. The Kier molecular flexibility index (Phi) is 6.37. The van der Waals surface area contributed by atoms with E-state index in [-0.39, 0.29) is 18.0 Å². The predicted molar refractivity (Wildman–Crippen MR) is 140 cm³/mol. The van der Waals surface area contributed by atoms with Crippen molar-refractivity contribution in [1.82, 2.24) is 14.9 Å². The van der Waals surface area contributed by atoms with Crippen molar-refractivity contribution in [3.8, 4) is 0 Å². The largest absolute Gasteiger partial charge is 0.351 e. The molecule has 2 aliphatic rings. The molecular weight excluding hydrogens is 442 g/mol. The molecule has 1 saturated carbocycles. The molecule has 176 valence electrons. The van der Waals surface area contributed by atoms with Crippen LogP contribution in [0.2, 0.25) is 0 Å². The van der Waals surface area contributed by atoms with Gasteiger partial charge in [0.25, 0.3) is 0 Å². The maximum absolute atomic E-state index is 11.9. The summed E-state index contributed by atoms with van der Waals surface area (Å²) in [6, 6.07) is 14.8. The molecule has 2 N–H and O–H groups in total. The molecule has 3 heterocycles. The topological polar surface area (TPSA) is 62.2 Å². The molecule has 1 aliphatic carbocycles. The third-order valence-electron chi connectivity index (χ3n) is 7.01. The van der Waals surface area contributed by atoms with Gasteiger partial charge in [-0.1, -0.05) is 25.8 Å². The van der Waals surface area contributed by atoms with Crippen LogP contribution in [0.3, 0.4) is 0 Å². The number of hydrogen-bond donors (Lipinski definition) is 2. The zero-order valence-corrected chi connectivity index (χ0v) is 20.5. The first-order chi connectivity index (χ1) is 16.5. The average molecular weight is 474 g/mol. The van der Waals surface area contributed by atoms with Crippen molar-refractivity contribution in [3.63, 3.8) is 0 Å². The van der Waals surface area contributed by atoms with Crippen LogP contribution in [-0.4, -0.2) is 20.6 Å². The van der Waals surface area contributed by atoms with E-state index in [1.54, 1.807) is 0 Å². The molecular formula is C27H31N5OS. The number of hydrogen-bond acceptors (Lipinski definition) is 3. The minimum absolute atomic E-state index is 0.00977. The number of pyridine rings is 1. The third kappa shape index (κ3) is 4.32. The summed E-state index contributed by atoms with van der Waals surface area (Å²) in [6.45, 7) is 3.87. The second-order valence-corrected chi connectivity index (χ2v) is 9.61. The van der Waals surface area contributed by atoms with Crippen molar-refractivity contribution in [3.05, 3.63) is 77.9 Å². The summed E-state index contributed by atoms with van der Waals surface area (Å²) in [4.78, 5) is 18.8. The summed E-state index contributed by atoms with van der Waals surface area (Å²) >= 11 is 5.87. The van der Waals surface area contributed by atoms with Crippen LogP contribution in [0.25, 0.3) is 0 Å². The molecule has 5 rings (SSSR count). The van der Waals surface area contributed by atoms with Gasteiger partial charge in [0.2, 0.25) is 5.91 Å². The van der Waals surface area contributed by atoms with Crippen molar-refractivity contribution in [2.75, 3.05) is 10.2 Å². The number of aromatic nitrogens is 2. The monoisotopic (exact) mass is 473 g/mol. The van der Waals surface area contributed by atoms with Crippen LogP contribution >= 0.6 is 12.2 Å². The number of carbonyl (C=O) groups is 1. The van der Waals surface area contributed by atoms with Gasteiger partial charge in [-0.2, -0.15) is 0 Å². The highest BCUT2D eigenvalue weighted by Gasteiger charge is 2.41. The lowest BCUT2D eigenvalue weighted by molar-refractivity contribution is -0.115. The highest BCUT2D eigenvalue weighted by Crippen LogP contribution is 2.43. The van der Waals surface area contributed by atoms with Crippen LogP contribution in [0.1, 0.15) is 74.0 Å². The molecule has 34 heavy (non-hydrogen) atoms. The van der Waals surface area contributed by atoms with Gasteiger partial charge in [-0.3, -0.25) is 9.78 Å². The lowest BCUT2D eigenvalue weighted by Crippen LogP contribution is -2.29. The van der Waals surface area contributed by atoms with Crippen LogP contribution in [0.15, 0.2) is 61.1 Å². The Morgan fingerprint density at radius 1 is 1.21 bits per heavy atom. The summed E-state index contributed by atoms with van der Waals surface area (Å²) in [5.41, 5.74) is 5.02. The highest BCUT2D eigenvalue weighted by atomic mass is 32.1. The van der Waals surface area contributed by atoms with Crippen LogP contribution in [0.4, 0.5) is 11.4 Å². The molecule has 0 radical (unpaired) electrons. The van der Waals surface area contributed by atoms with E-state index in [4.69, 9.17) is 12.2 Å². The second kappa shape index (κ2) is 9.58. The lowest BCUT2D eigenvalue weighted by atomic mass is 9.98. The first-order valence-electron chi connectivity index (χ1n) is 12.1. The van der Waals surface area contributed by atoms with Crippen LogP contribution in [0.5, 0.6) is 0 Å². The van der Waals surface area contributed by atoms with E-state index in [9.17, 15) is 4.79 Å². The molecule has 7 heteroatoms. The van der Waals surface area contributed by atoms with Crippen molar-refractivity contribution < 1.29 is 4.79 Å². The third-order valence-corrected chi connectivity index (χ3v) is 7.32. The maximum atomic E-state index is 11.9. The Morgan fingerprint density at radius 2 is 2.03 bits per heavy atom. The number of rotatable bonds is 6. The number of amides is 1. The Morgan fingerprint density at radius 3 is 2.74 bits per heavy atom. The fraction of sp³-hybridized carbons (Fsp3) is 0.370. The SMILES string of the molecule is CCC(=O)Nc1ccc(N2C(=S)N[C@@H](c3ccccn3)[C@@H]2c2ccn(C3CCCC3)c2)cc1C. The summed E-state index contributed by atoms with van der Waals surface area (Å²) in [6.07, 6.45) is 11.9. The van der Waals surface area contributed by atoms with Crippen LogP contribution < -0.4 is 15.5 Å². The number of nitrogens with one attached hydrogen (secondary N) is 2.